The van der Waals surface area contributed by atoms with E-state index in [1.54, 1.807) is 0 Å². The van der Waals surface area contributed by atoms with Gasteiger partial charge in [-0.3, -0.25) is 9.59 Å². The van der Waals surface area contributed by atoms with Crippen molar-refractivity contribution in [3.05, 3.63) is 0 Å². The van der Waals surface area contributed by atoms with E-state index in [4.69, 9.17) is 0 Å². The lowest BCUT2D eigenvalue weighted by molar-refractivity contribution is -0.196. The molecular formula is C33H62O7. The second kappa shape index (κ2) is 24.0. The van der Waals surface area contributed by atoms with E-state index in [-0.39, 0.29) is 12.8 Å². The second-order valence-electron chi connectivity index (χ2n) is 12.0. The molecule has 0 radical (unpaired) electrons. The van der Waals surface area contributed by atoms with E-state index in [9.17, 15) is 34.8 Å². The summed E-state index contributed by atoms with van der Waals surface area (Å²) in [6.07, 6.45) is 23.9. The standard InChI is InChI=1S/C33H62O7/c1-3-5-7-9-11-13-14-15-16-17-19-21-23-25-27-32(30(36)37,33(40,31(38)39)28-29(34)35)26-24-22-20-18-12-10-8-6-4-2/h40H,3-28H2,1-2H3,(H,34,35)(H,36,37)(H,38,39). The van der Waals surface area contributed by atoms with Gasteiger partial charge in [-0.25, -0.2) is 4.79 Å². The van der Waals surface area contributed by atoms with Gasteiger partial charge in [-0.1, -0.05) is 162 Å². The van der Waals surface area contributed by atoms with Gasteiger partial charge in [0.1, 0.15) is 5.41 Å². The smallest absolute Gasteiger partial charge is 0.337 e. The number of carboxylic acid groups (broad SMARTS) is 3. The van der Waals surface area contributed by atoms with Crippen molar-refractivity contribution in [1.29, 1.82) is 0 Å². The predicted octanol–water partition coefficient (Wildman–Crippen LogP) is 9.14. The summed E-state index contributed by atoms with van der Waals surface area (Å²) >= 11 is 0. The molecule has 0 amide bonds. The Hall–Kier alpha value is -1.63. The summed E-state index contributed by atoms with van der Waals surface area (Å²) in [4.78, 5) is 36.2. The molecular weight excluding hydrogens is 508 g/mol. The lowest BCUT2D eigenvalue weighted by Crippen LogP contribution is -2.59. The Morgan fingerprint density at radius 1 is 0.450 bits per heavy atom. The van der Waals surface area contributed by atoms with E-state index in [2.05, 4.69) is 13.8 Å². The molecule has 0 heterocycles. The molecule has 236 valence electrons. The monoisotopic (exact) mass is 570 g/mol. The summed E-state index contributed by atoms with van der Waals surface area (Å²) in [5.74, 6) is -4.69. The first kappa shape index (κ1) is 38.4. The molecule has 0 fully saturated rings. The van der Waals surface area contributed by atoms with Crippen molar-refractivity contribution in [3.8, 4) is 0 Å². The van der Waals surface area contributed by atoms with Crippen LogP contribution in [0.15, 0.2) is 0 Å². The third kappa shape index (κ3) is 16.0. The Balaban J connectivity index is 4.75. The van der Waals surface area contributed by atoms with Gasteiger partial charge in [-0.05, 0) is 12.8 Å². The molecule has 0 saturated carbocycles. The van der Waals surface area contributed by atoms with Gasteiger partial charge in [0.05, 0.1) is 6.42 Å². The van der Waals surface area contributed by atoms with E-state index in [1.807, 2.05) is 0 Å². The molecule has 7 heteroatoms. The molecule has 0 aliphatic carbocycles. The highest BCUT2D eigenvalue weighted by Gasteiger charge is 2.61. The highest BCUT2D eigenvalue weighted by molar-refractivity contribution is 5.92. The largest absolute Gasteiger partial charge is 0.481 e. The zero-order valence-corrected chi connectivity index (χ0v) is 25.9. The van der Waals surface area contributed by atoms with Gasteiger partial charge in [0.2, 0.25) is 0 Å². The Morgan fingerprint density at radius 2 is 0.725 bits per heavy atom. The number of hydrogen-bond donors (Lipinski definition) is 4. The van der Waals surface area contributed by atoms with Crippen LogP contribution in [0.1, 0.15) is 181 Å². The molecule has 0 spiro atoms. The summed E-state index contributed by atoms with van der Waals surface area (Å²) in [5, 5.41) is 40.5. The topological polar surface area (TPSA) is 132 Å². The summed E-state index contributed by atoms with van der Waals surface area (Å²) < 4.78 is 0. The summed E-state index contributed by atoms with van der Waals surface area (Å²) in [5.41, 5.74) is -4.86. The maximum atomic E-state index is 12.6. The molecule has 0 aliphatic rings. The Morgan fingerprint density at radius 3 is 0.950 bits per heavy atom. The molecule has 4 N–H and O–H groups in total. The maximum absolute atomic E-state index is 12.6. The van der Waals surface area contributed by atoms with E-state index < -0.39 is 35.3 Å². The fourth-order valence-corrected chi connectivity index (χ4v) is 5.96. The van der Waals surface area contributed by atoms with E-state index in [1.165, 1.54) is 83.5 Å². The molecule has 0 rings (SSSR count). The van der Waals surface area contributed by atoms with Crippen molar-refractivity contribution < 1.29 is 34.8 Å². The van der Waals surface area contributed by atoms with Gasteiger partial charge >= 0.3 is 17.9 Å². The van der Waals surface area contributed by atoms with Crippen molar-refractivity contribution in [1.82, 2.24) is 0 Å². The number of hydrogen-bond acceptors (Lipinski definition) is 4. The molecule has 0 aromatic heterocycles. The number of carboxylic acids is 3. The van der Waals surface area contributed by atoms with Crippen LogP contribution in [0.4, 0.5) is 0 Å². The first-order valence-electron chi connectivity index (χ1n) is 16.6. The number of aliphatic hydroxyl groups is 1. The number of aliphatic carboxylic acids is 3. The van der Waals surface area contributed by atoms with Crippen LogP contribution in [-0.4, -0.2) is 43.9 Å². The minimum absolute atomic E-state index is 0.0343. The summed E-state index contributed by atoms with van der Waals surface area (Å²) in [6.45, 7) is 4.41. The van der Waals surface area contributed by atoms with Crippen molar-refractivity contribution in [2.45, 2.75) is 186 Å². The Bertz CT molecular complexity index is 665. The van der Waals surface area contributed by atoms with Crippen LogP contribution < -0.4 is 0 Å². The fraction of sp³-hybridized carbons (Fsp3) is 0.909. The normalized spacial score (nSPS) is 14.5. The molecule has 0 saturated heterocycles. The molecule has 0 aliphatic heterocycles. The average molecular weight is 571 g/mol. The molecule has 0 aromatic rings. The van der Waals surface area contributed by atoms with Gasteiger partial charge < -0.3 is 20.4 Å². The highest BCUT2D eigenvalue weighted by atomic mass is 16.4. The molecule has 7 nitrogen and oxygen atoms in total. The Labute approximate surface area is 244 Å². The fourth-order valence-electron chi connectivity index (χ4n) is 5.96. The van der Waals surface area contributed by atoms with Crippen molar-refractivity contribution in [2.24, 2.45) is 5.41 Å². The third-order valence-electron chi connectivity index (χ3n) is 8.63. The lowest BCUT2D eigenvalue weighted by Gasteiger charge is -2.41. The van der Waals surface area contributed by atoms with Gasteiger partial charge in [-0.2, -0.15) is 0 Å². The zero-order valence-electron chi connectivity index (χ0n) is 25.9. The van der Waals surface area contributed by atoms with Crippen LogP contribution in [0.5, 0.6) is 0 Å². The predicted molar refractivity (Wildman–Crippen MR) is 162 cm³/mol. The third-order valence-corrected chi connectivity index (χ3v) is 8.63. The quantitative estimate of drug-likeness (QED) is 0.0633. The maximum Gasteiger partial charge on any atom is 0.337 e. The average Bonchev–Trinajstić information content (AvgIpc) is 2.90. The molecule has 2 atom stereocenters. The first-order valence-corrected chi connectivity index (χ1v) is 16.6. The van der Waals surface area contributed by atoms with E-state index in [0.717, 1.165) is 51.4 Å². The zero-order chi connectivity index (χ0) is 30.1. The van der Waals surface area contributed by atoms with Gasteiger partial charge in [-0.15, -0.1) is 0 Å². The van der Waals surface area contributed by atoms with Crippen molar-refractivity contribution in [3.63, 3.8) is 0 Å². The lowest BCUT2D eigenvalue weighted by atomic mass is 9.64. The number of rotatable bonds is 30. The summed E-state index contributed by atoms with van der Waals surface area (Å²) in [7, 11) is 0. The Kier molecular flexibility index (Phi) is 23.0. The first-order chi connectivity index (χ1) is 19.2. The van der Waals surface area contributed by atoms with Crippen LogP contribution in [0.2, 0.25) is 0 Å². The van der Waals surface area contributed by atoms with Crippen LogP contribution in [0, 0.1) is 5.41 Å². The van der Waals surface area contributed by atoms with Crippen molar-refractivity contribution in [2.75, 3.05) is 0 Å². The minimum atomic E-state index is -2.85. The minimum Gasteiger partial charge on any atom is -0.481 e. The molecule has 0 bridgehead atoms. The van der Waals surface area contributed by atoms with E-state index in [0.29, 0.717) is 12.8 Å². The summed E-state index contributed by atoms with van der Waals surface area (Å²) in [6, 6.07) is 0. The van der Waals surface area contributed by atoms with Crippen molar-refractivity contribution >= 4 is 17.9 Å². The van der Waals surface area contributed by atoms with Crippen LogP contribution in [0.25, 0.3) is 0 Å². The highest BCUT2D eigenvalue weighted by Crippen LogP contribution is 2.45. The number of unbranched alkanes of at least 4 members (excludes halogenated alkanes) is 21. The van der Waals surface area contributed by atoms with Gasteiger partial charge in [0, 0.05) is 0 Å². The van der Waals surface area contributed by atoms with E-state index >= 15 is 0 Å². The molecule has 40 heavy (non-hydrogen) atoms. The van der Waals surface area contributed by atoms with Crippen LogP contribution in [-0.2, 0) is 14.4 Å². The van der Waals surface area contributed by atoms with Crippen LogP contribution in [0.3, 0.4) is 0 Å². The van der Waals surface area contributed by atoms with Gasteiger partial charge in [0.15, 0.2) is 5.60 Å². The van der Waals surface area contributed by atoms with Crippen LogP contribution >= 0.6 is 0 Å². The number of carbonyl (C=O) groups is 3. The second-order valence-corrected chi connectivity index (χ2v) is 12.0. The SMILES string of the molecule is CCCCCCCCCCCCCCCCC(CCCCCCCCCCC)(C(=O)O)C(O)(CC(=O)O)C(=O)O. The molecule has 0 aromatic carbocycles. The van der Waals surface area contributed by atoms with Gasteiger partial charge in [0.25, 0.3) is 0 Å². The molecule has 2 unspecified atom stereocenters.